The molecule has 158 valence electrons. The van der Waals surface area contributed by atoms with Crippen LogP contribution in [0.15, 0.2) is 23.3 Å². The van der Waals surface area contributed by atoms with Crippen LogP contribution in [-0.4, -0.2) is 34.0 Å². The second kappa shape index (κ2) is 9.14. The maximum absolute atomic E-state index is 11.9. The lowest BCUT2D eigenvalue weighted by Gasteiger charge is -2.18. The molecule has 29 heavy (non-hydrogen) atoms. The van der Waals surface area contributed by atoms with E-state index >= 15 is 0 Å². The first-order chi connectivity index (χ1) is 13.5. The fourth-order valence-electron chi connectivity index (χ4n) is 3.39. The van der Waals surface area contributed by atoms with Gasteiger partial charge in [0.25, 0.3) is 0 Å². The molecule has 0 radical (unpaired) electrons. The predicted octanol–water partition coefficient (Wildman–Crippen LogP) is 5.22. The smallest absolute Gasteiger partial charge is 0.167 e. The normalized spacial score (nSPS) is 19.7. The lowest BCUT2D eigenvalue weighted by molar-refractivity contribution is -0.129. The predicted molar refractivity (Wildman–Crippen MR) is 114 cm³/mol. The summed E-state index contributed by atoms with van der Waals surface area (Å²) in [6.07, 6.45) is 6.61. The number of aromatic hydroxyl groups is 2. The van der Waals surface area contributed by atoms with Gasteiger partial charge < -0.3 is 14.9 Å². The summed E-state index contributed by atoms with van der Waals surface area (Å²) in [4.78, 5) is 23.1. The molecule has 0 aliphatic carbocycles. The summed E-state index contributed by atoms with van der Waals surface area (Å²) in [5.41, 5.74) is 2.11. The second-order valence-electron chi connectivity index (χ2n) is 8.13. The number of phenols is 2. The van der Waals surface area contributed by atoms with Gasteiger partial charge in [0.15, 0.2) is 12.1 Å². The molecule has 6 heteroatoms. The molecule has 0 saturated carbocycles. The van der Waals surface area contributed by atoms with E-state index in [2.05, 4.69) is 6.08 Å². The minimum absolute atomic E-state index is 0.0820. The van der Waals surface area contributed by atoms with E-state index in [0.717, 1.165) is 24.0 Å². The van der Waals surface area contributed by atoms with Gasteiger partial charge in [0.1, 0.15) is 17.1 Å². The molecule has 0 bridgehead atoms. The summed E-state index contributed by atoms with van der Waals surface area (Å²) >= 11 is 6.08. The Morgan fingerprint density at radius 2 is 1.90 bits per heavy atom. The van der Waals surface area contributed by atoms with Crippen LogP contribution in [0.5, 0.6) is 11.5 Å². The first-order valence-corrected chi connectivity index (χ1v) is 10.1. The maximum Gasteiger partial charge on any atom is 0.167 e. The molecule has 0 amide bonds. The molecule has 2 rings (SSSR count). The number of carbonyl (C=O) groups is 2. The van der Waals surface area contributed by atoms with Gasteiger partial charge >= 0.3 is 0 Å². The summed E-state index contributed by atoms with van der Waals surface area (Å²) in [6, 6.07) is 0. The van der Waals surface area contributed by atoms with E-state index < -0.39 is 5.60 Å². The highest BCUT2D eigenvalue weighted by Gasteiger charge is 2.40. The van der Waals surface area contributed by atoms with Gasteiger partial charge in [-0.25, -0.2) is 0 Å². The molecule has 1 fully saturated rings. The van der Waals surface area contributed by atoms with E-state index in [0.29, 0.717) is 18.3 Å². The van der Waals surface area contributed by atoms with Gasteiger partial charge in [-0.2, -0.15) is 0 Å². The van der Waals surface area contributed by atoms with Crippen molar-refractivity contribution >= 4 is 23.7 Å². The number of allylic oxidation sites excluding steroid dienone is 3. The third kappa shape index (κ3) is 5.09. The van der Waals surface area contributed by atoms with Crippen molar-refractivity contribution in [3.8, 4) is 11.5 Å². The molecule has 1 aromatic rings. The topological polar surface area (TPSA) is 83.8 Å². The molecule has 1 heterocycles. The van der Waals surface area contributed by atoms with Crippen LogP contribution in [0.4, 0.5) is 0 Å². The molecule has 0 aromatic heterocycles. The van der Waals surface area contributed by atoms with E-state index in [1.807, 2.05) is 19.9 Å². The van der Waals surface area contributed by atoms with Crippen LogP contribution in [-0.2, 0) is 16.0 Å². The van der Waals surface area contributed by atoms with Gasteiger partial charge in [-0.3, -0.25) is 9.59 Å². The summed E-state index contributed by atoms with van der Waals surface area (Å²) < 4.78 is 5.83. The molecular weight excluding hydrogens is 392 g/mol. The summed E-state index contributed by atoms with van der Waals surface area (Å²) in [5.74, 6) is -0.306. The van der Waals surface area contributed by atoms with Crippen LogP contribution in [0.25, 0.3) is 0 Å². The summed E-state index contributed by atoms with van der Waals surface area (Å²) in [6.45, 7) is 9.12. The molecule has 0 spiro atoms. The number of aldehydes is 1. The Hall–Kier alpha value is -2.11. The highest BCUT2D eigenvalue weighted by molar-refractivity contribution is 6.33. The van der Waals surface area contributed by atoms with Gasteiger partial charge in [-0.05, 0) is 65.0 Å². The van der Waals surface area contributed by atoms with E-state index in [1.165, 1.54) is 0 Å². The molecule has 5 nitrogen and oxygen atoms in total. The third-order valence-corrected chi connectivity index (χ3v) is 5.99. The standard InChI is InChI=1S/C23H29ClO5/c1-13(7-6-8-14(2)18-11-19(26)23(4,5)29-18)9-10-16-21(27)17(12-25)15(3)20(24)22(16)28/h8-9,12,18,27-28H,6-7,10-11H2,1-5H3/b13-9+,14-8+. The van der Waals surface area contributed by atoms with Crippen molar-refractivity contribution in [1.82, 2.24) is 0 Å². The maximum atomic E-state index is 11.9. The van der Waals surface area contributed by atoms with Gasteiger partial charge in [0, 0.05) is 12.0 Å². The number of ether oxygens (including phenoxy) is 1. The first kappa shape index (κ1) is 23.2. The highest BCUT2D eigenvalue weighted by atomic mass is 35.5. The average molecular weight is 421 g/mol. The molecule has 1 atom stereocenters. The summed E-state index contributed by atoms with van der Waals surface area (Å²) in [5, 5.41) is 20.6. The zero-order valence-electron chi connectivity index (χ0n) is 17.6. The Labute approximate surface area is 177 Å². The quantitative estimate of drug-likeness (QED) is 0.466. The van der Waals surface area contributed by atoms with Crippen molar-refractivity contribution in [2.24, 2.45) is 0 Å². The number of Topliss-reactive ketones (excluding diaryl/α,β-unsaturated/α-hetero) is 1. The van der Waals surface area contributed by atoms with Gasteiger partial charge in [0.2, 0.25) is 0 Å². The van der Waals surface area contributed by atoms with Crippen LogP contribution >= 0.6 is 11.6 Å². The Balaban J connectivity index is 2.02. The molecule has 1 aromatic carbocycles. The molecule has 2 N–H and O–H groups in total. The Kier molecular flexibility index (Phi) is 7.30. The number of benzene rings is 1. The second-order valence-corrected chi connectivity index (χ2v) is 8.51. The van der Waals surface area contributed by atoms with E-state index in [-0.39, 0.29) is 46.0 Å². The minimum Gasteiger partial charge on any atom is -0.507 e. The number of phenolic OH excluding ortho intramolecular Hbond substituents is 2. The monoisotopic (exact) mass is 420 g/mol. The van der Waals surface area contributed by atoms with Crippen molar-refractivity contribution in [3.63, 3.8) is 0 Å². The van der Waals surface area contributed by atoms with Crippen LogP contribution in [0.2, 0.25) is 5.02 Å². The average Bonchev–Trinajstić information content (AvgIpc) is 2.93. The number of halogens is 1. The van der Waals surface area contributed by atoms with Crippen molar-refractivity contribution in [2.75, 3.05) is 0 Å². The number of rotatable bonds is 7. The zero-order valence-corrected chi connectivity index (χ0v) is 18.4. The largest absolute Gasteiger partial charge is 0.507 e. The molecular formula is C23H29ClO5. The van der Waals surface area contributed by atoms with Crippen molar-refractivity contribution < 1.29 is 24.5 Å². The van der Waals surface area contributed by atoms with Gasteiger partial charge in [-0.1, -0.05) is 29.3 Å². The molecule has 1 saturated heterocycles. The first-order valence-electron chi connectivity index (χ1n) is 9.71. The van der Waals surface area contributed by atoms with Crippen LogP contribution in [0.1, 0.15) is 68.4 Å². The van der Waals surface area contributed by atoms with Gasteiger partial charge in [0.05, 0.1) is 16.7 Å². The number of hydrogen-bond acceptors (Lipinski definition) is 5. The van der Waals surface area contributed by atoms with Gasteiger partial charge in [-0.15, -0.1) is 0 Å². The van der Waals surface area contributed by atoms with Crippen molar-refractivity contribution in [2.45, 2.75) is 72.0 Å². The summed E-state index contributed by atoms with van der Waals surface area (Å²) in [7, 11) is 0. The lowest BCUT2D eigenvalue weighted by atomic mass is 9.98. The Bertz CT molecular complexity index is 880. The van der Waals surface area contributed by atoms with E-state index in [4.69, 9.17) is 16.3 Å². The Morgan fingerprint density at radius 1 is 1.24 bits per heavy atom. The zero-order chi connectivity index (χ0) is 21.9. The van der Waals surface area contributed by atoms with Crippen LogP contribution in [0, 0.1) is 6.92 Å². The third-order valence-electron chi connectivity index (χ3n) is 5.53. The lowest BCUT2D eigenvalue weighted by Crippen LogP contribution is -2.27. The van der Waals surface area contributed by atoms with E-state index in [1.54, 1.807) is 20.8 Å². The van der Waals surface area contributed by atoms with Crippen molar-refractivity contribution in [3.05, 3.63) is 45.0 Å². The number of hydrogen-bond donors (Lipinski definition) is 2. The molecule has 1 unspecified atom stereocenters. The number of carbonyl (C=O) groups excluding carboxylic acids is 2. The van der Waals surface area contributed by atoms with Crippen molar-refractivity contribution in [1.29, 1.82) is 0 Å². The van der Waals surface area contributed by atoms with Crippen LogP contribution < -0.4 is 0 Å². The minimum atomic E-state index is -0.713. The number of ketones is 1. The fraction of sp³-hybridized carbons (Fsp3) is 0.478. The van der Waals surface area contributed by atoms with E-state index in [9.17, 15) is 19.8 Å². The fourth-order valence-corrected chi connectivity index (χ4v) is 3.60. The Morgan fingerprint density at radius 3 is 2.45 bits per heavy atom. The SMILES string of the molecule is C/C(=C\Cc1c(O)c(Cl)c(C)c(C=O)c1O)CC/C=C(\C)C1CC(=O)C(C)(C)O1. The van der Waals surface area contributed by atoms with Crippen LogP contribution in [0.3, 0.4) is 0 Å². The molecule has 1 aliphatic heterocycles. The molecule has 1 aliphatic rings. The highest BCUT2D eigenvalue weighted by Crippen LogP contribution is 2.40.